The van der Waals surface area contributed by atoms with Crippen molar-refractivity contribution in [2.75, 3.05) is 0 Å². The van der Waals surface area contributed by atoms with Gasteiger partial charge in [0.1, 0.15) is 18.1 Å². The number of fused-ring (bicyclic) bond motifs is 1. The number of para-hydroxylation sites is 1. The Kier molecular flexibility index (Phi) is 10.6. The molecular weight excluding hydrogens is 532 g/mol. The Labute approximate surface area is 236 Å². The topological polar surface area (TPSA) is 238 Å². The van der Waals surface area contributed by atoms with Crippen LogP contribution >= 0.6 is 0 Å². The molecule has 4 unspecified atom stereocenters. The summed E-state index contributed by atoms with van der Waals surface area (Å²) in [6.07, 6.45) is 4.51. The van der Waals surface area contributed by atoms with Crippen LogP contribution < -0.4 is 27.4 Å². The van der Waals surface area contributed by atoms with E-state index >= 15 is 0 Å². The molecule has 0 saturated carbocycles. The van der Waals surface area contributed by atoms with Gasteiger partial charge in [-0.3, -0.25) is 19.2 Å². The summed E-state index contributed by atoms with van der Waals surface area (Å²) >= 11 is 0. The molecule has 220 valence electrons. The van der Waals surface area contributed by atoms with Crippen molar-refractivity contribution < 1.29 is 29.1 Å². The number of nitrogens with one attached hydrogen (secondary N) is 5. The summed E-state index contributed by atoms with van der Waals surface area (Å²) in [6.45, 7) is 3.31. The lowest BCUT2D eigenvalue weighted by Crippen LogP contribution is -2.58. The lowest BCUT2D eigenvalue weighted by molar-refractivity contribution is -0.143. The molecule has 4 atom stereocenters. The number of imidazole rings is 1. The van der Waals surface area contributed by atoms with Crippen molar-refractivity contribution in [2.24, 2.45) is 17.4 Å². The predicted molar refractivity (Wildman–Crippen MR) is 149 cm³/mol. The summed E-state index contributed by atoms with van der Waals surface area (Å²) in [5.74, 6) is -4.34. The largest absolute Gasteiger partial charge is 0.480 e. The number of carbonyl (C=O) groups excluding carboxylic acids is 4. The summed E-state index contributed by atoms with van der Waals surface area (Å²) in [5, 5.41) is 18.2. The maximum Gasteiger partial charge on any atom is 0.326 e. The van der Waals surface area contributed by atoms with Gasteiger partial charge in [0.15, 0.2) is 0 Å². The molecule has 2 heterocycles. The maximum atomic E-state index is 13.6. The van der Waals surface area contributed by atoms with Gasteiger partial charge in [0.05, 0.1) is 12.4 Å². The Balaban J connectivity index is 1.86. The first kappa shape index (κ1) is 30.8. The number of carboxylic acids is 1. The van der Waals surface area contributed by atoms with E-state index in [-0.39, 0.29) is 25.7 Å². The predicted octanol–water partition coefficient (Wildman–Crippen LogP) is -0.536. The van der Waals surface area contributed by atoms with E-state index in [0.29, 0.717) is 5.69 Å². The number of nitrogens with zero attached hydrogens (tertiary/aromatic N) is 1. The lowest BCUT2D eigenvalue weighted by Gasteiger charge is -2.26. The van der Waals surface area contributed by atoms with Gasteiger partial charge in [0.2, 0.25) is 23.6 Å². The SMILES string of the molecule is CC(C)C(NC(=O)C(Cc1c[nH]c2ccccc12)NC(=O)C(Cc1cnc[nH]1)NC(=O)C(N)CCC(N)=O)C(=O)O. The third-order valence-electron chi connectivity index (χ3n) is 6.61. The molecule has 2 aromatic heterocycles. The van der Waals surface area contributed by atoms with Crippen LogP contribution in [0.25, 0.3) is 10.9 Å². The van der Waals surface area contributed by atoms with Crippen molar-refractivity contribution in [1.82, 2.24) is 30.9 Å². The molecule has 0 spiro atoms. The number of rotatable bonds is 15. The average molecular weight is 569 g/mol. The van der Waals surface area contributed by atoms with Crippen LogP contribution in [0.3, 0.4) is 0 Å². The fraction of sp³-hybridized carbons (Fsp3) is 0.407. The van der Waals surface area contributed by atoms with Crippen LogP contribution in [0.1, 0.15) is 37.9 Å². The number of aromatic nitrogens is 3. The van der Waals surface area contributed by atoms with Crippen LogP contribution in [0.5, 0.6) is 0 Å². The number of aromatic amines is 2. The summed E-state index contributed by atoms with van der Waals surface area (Å²) < 4.78 is 0. The van der Waals surface area contributed by atoms with Crippen LogP contribution in [0.2, 0.25) is 0 Å². The number of hydrogen-bond donors (Lipinski definition) is 8. The van der Waals surface area contributed by atoms with Gasteiger partial charge in [-0.1, -0.05) is 32.0 Å². The summed E-state index contributed by atoms with van der Waals surface area (Å²) in [5.41, 5.74) is 13.1. The first-order chi connectivity index (χ1) is 19.5. The van der Waals surface area contributed by atoms with E-state index in [9.17, 15) is 29.1 Å². The highest BCUT2D eigenvalue weighted by atomic mass is 16.4. The first-order valence-electron chi connectivity index (χ1n) is 13.2. The number of benzene rings is 1. The normalized spacial score (nSPS) is 14.1. The summed E-state index contributed by atoms with van der Waals surface area (Å²) in [6, 6.07) is 2.76. The molecule has 0 aliphatic heterocycles. The van der Waals surface area contributed by atoms with Gasteiger partial charge < -0.3 is 42.5 Å². The lowest BCUT2D eigenvalue weighted by atomic mass is 10.0. The van der Waals surface area contributed by atoms with Crippen LogP contribution in [-0.4, -0.2) is 73.8 Å². The van der Waals surface area contributed by atoms with Crippen LogP contribution in [0, 0.1) is 5.92 Å². The molecule has 41 heavy (non-hydrogen) atoms. The zero-order chi connectivity index (χ0) is 30.1. The Morgan fingerprint density at radius 3 is 2.24 bits per heavy atom. The third kappa shape index (κ3) is 8.63. The van der Waals surface area contributed by atoms with E-state index in [0.717, 1.165) is 16.5 Å². The van der Waals surface area contributed by atoms with Crippen molar-refractivity contribution in [3.63, 3.8) is 0 Å². The minimum absolute atomic E-state index is 0.00865. The number of carboxylic acid groups (broad SMARTS) is 1. The Morgan fingerprint density at radius 2 is 1.61 bits per heavy atom. The molecule has 14 nitrogen and oxygen atoms in total. The van der Waals surface area contributed by atoms with E-state index < -0.39 is 59.7 Å². The minimum Gasteiger partial charge on any atom is -0.480 e. The van der Waals surface area contributed by atoms with E-state index in [1.54, 1.807) is 20.0 Å². The maximum absolute atomic E-state index is 13.6. The number of primary amides is 1. The molecule has 4 amide bonds. The van der Waals surface area contributed by atoms with E-state index in [1.807, 2.05) is 24.3 Å². The smallest absolute Gasteiger partial charge is 0.326 e. The second-order valence-corrected chi connectivity index (χ2v) is 10.1. The average Bonchev–Trinajstić information content (AvgIpc) is 3.59. The molecule has 0 saturated heterocycles. The van der Waals surface area contributed by atoms with E-state index in [2.05, 4.69) is 30.9 Å². The third-order valence-corrected chi connectivity index (χ3v) is 6.61. The second kappa shape index (κ2) is 14.1. The number of aliphatic carboxylic acids is 1. The zero-order valence-corrected chi connectivity index (χ0v) is 22.8. The van der Waals surface area contributed by atoms with Crippen LogP contribution in [-0.2, 0) is 36.8 Å². The Hall–Kier alpha value is -4.72. The van der Waals surface area contributed by atoms with Gasteiger partial charge in [0, 0.05) is 48.3 Å². The van der Waals surface area contributed by atoms with Gasteiger partial charge in [-0.25, -0.2) is 9.78 Å². The highest BCUT2D eigenvalue weighted by Crippen LogP contribution is 2.19. The molecule has 0 fully saturated rings. The number of hydrogen-bond acceptors (Lipinski definition) is 7. The van der Waals surface area contributed by atoms with Crippen LogP contribution in [0.4, 0.5) is 0 Å². The number of carbonyl (C=O) groups is 5. The van der Waals surface area contributed by atoms with Gasteiger partial charge in [-0.15, -0.1) is 0 Å². The molecular formula is C27H36N8O6. The van der Waals surface area contributed by atoms with Crippen molar-refractivity contribution in [1.29, 1.82) is 0 Å². The molecule has 3 aromatic rings. The Morgan fingerprint density at radius 1 is 0.951 bits per heavy atom. The van der Waals surface area contributed by atoms with Crippen LogP contribution in [0.15, 0.2) is 43.0 Å². The number of amides is 4. The summed E-state index contributed by atoms with van der Waals surface area (Å²) in [7, 11) is 0. The molecule has 1 aromatic carbocycles. The molecule has 14 heteroatoms. The van der Waals surface area contributed by atoms with Crippen molar-refractivity contribution >= 4 is 40.5 Å². The quantitative estimate of drug-likeness (QED) is 0.118. The molecule has 0 aliphatic rings. The van der Waals surface area contributed by atoms with E-state index in [4.69, 9.17) is 11.5 Å². The van der Waals surface area contributed by atoms with Crippen molar-refractivity contribution in [3.8, 4) is 0 Å². The molecule has 10 N–H and O–H groups in total. The standard InChI is InChI=1S/C27H36N8O6/c1-14(2)23(27(40)41)35-26(39)20(9-15-11-31-19-6-4-3-5-17(15)19)34-25(38)21(10-16-12-30-13-32-16)33-24(37)18(28)7-8-22(29)36/h3-6,11-14,18,20-21,23,31H,7-10,28H2,1-2H3,(H2,29,36)(H,30,32)(H,33,37)(H,34,38)(H,35,39)(H,40,41). The molecule has 3 rings (SSSR count). The number of H-pyrrole nitrogens is 2. The van der Waals surface area contributed by atoms with Gasteiger partial charge >= 0.3 is 5.97 Å². The second-order valence-electron chi connectivity index (χ2n) is 10.1. The molecule has 0 radical (unpaired) electrons. The molecule has 0 bridgehead atoms. The highest BCUT2D eigenvalue weighted by Gasteiger charge is 2.32. The van der Waals surface area contributed by atoms with Crippen molar-refractivity contribution in [2.45, 2.75) is 63.7 Å². The van der Waals surface area contributed by atoms with Crippen molar-refractivity contribution in [3.05, 3.63) is 54.2 Å². The van der Waals surface area contributed by atoms with E-state index in [1.165, 1.54) is 12.5 Å². The first-order valence-corrected chi connectivity index (χ1v) is 13.2. The van der Waals surface area contributed by atoms with Gasteiger partial charge in [0.25, 0.3) is 0 Å². The monoisotopic (exact) mass is 568 g/mol. The molecule has 0 aliphatic carbocycles. The zero-order valence-electron chi connectivity index (χ0n) is 22.8. The number of nitrogens with two attached hydrogens (primary N) is 2. The summed E-state index contributed by atoms with van der Waals surface area (Å²) in [4.78, 5) is 72.6. The van der Waals surface area contributed by atoms with Gasteiger partial charge in [-0.05, 0) is 24.0 Å². The fourth-order valence-electron chi connectivity index (χ4n) is 4.30. The highest BCUT2D eigenvalue weighted by molar-refractivity contribution is 5.95. The minimum atomic E-state index is -1.21. The fourth-order valence-corrected chi connectivity index (χ4v) is 4.30. The Bertz CT molecular complexity index is 1370. The van der Waals surface area contributed by atoms with Gasteiger partial charge in [-0.2, -0.15) is 0 Å².